The fourth-order valence-electron chi connectivity index (χ4n) is 0.985. The number of nitriles is 1. The number of hydrogen-bond donors (Lipinski definition) is 0. The van der Waals surface area contributed by atoms with Gasteiger partial charge in [-0.2, -0.15) is 44.8 Å². The minimum absolute atomic E-state index is 0.691. The van der Waals surface area contributed by atoms with Gasteiger partial charge < -0.3 is 0 Å². The number of alkyl halides is 10. The minimum Gasteiger partial charge on any atom is -0.200 e. The minimum atomic E-state index is -6.87. The average molecular weight is 413 g/mol. The molecule has 1 atom stereocenters. The Morgan fingerprint density at radius 2 is 1.32 bits per heavy atom. The van der Waals surface area contributed by atoms with Gasteiger partial charge in [-0.05, 0) is 0 Å². The monoisotopic (exact) mass is 413 g/mol. The van der Waals surface area contributed by atoms with Gasteiger partial charge in [0.25, 0.3) is 0 Å². The summed E-state index contributed by atoms with van der Waals surface area (Å²) in [5, 5.41) is 8.11. The van der Waals surface area contributed by atoms with Gasteiger partial charge in [-0.1, -0.05) is 22.6 Å². The third kappa shape index (κ3) is 3.57. The lowest BCUT2D eigenvalue weighted by Crippen LogP contribution is -2.61. The van der Waals surface area contributed by atoms with Gasteiger partial charge in [-0.25, -0.2) is 0 Å². The fraction of sp³-hybridized carbons (Fsp3) is 0.875. The smallest absolute Gasteiger partial charge is 0.200 e. The summed E-state index contributed by atoms with van der Waals surface area (Å²) in [7, 11) is 0. The number of halogens is 10. The molecular formula is C8H5F9IN. The first-order valence-corrected chi connectivity index (χ1v) is 5.66. The molecule has 0 aliphatic rings. The van der Waals surface area contributed by atoms with Crippen LogP contribution >= 0.6 is 22.6 Å². The molecule has 112 valence electrons. The predicted octanol–water partition coefficient (Wildman–Crippen LogP) is 4.56. The number of hydrogen-bond acceptors (Lipinski definition) is 1. The second kappa shape index (κ2) is 5.53. The molecular weight excluding hydrogens is 408 g/mol. The van der Waals surface area contributed by atoms with E-state index in [0.29, 0.717) is 0 Å². The molecule has 1 nitrogen and oxygen atoms in total. The van der Waals surface area contributed by atoms with Crippen molar-refractivity contribution in [2.45, 2.75) is 40.7 Å². The molecule has 0 spiro atoms. The molecule has 0 aromatic carbocycles. The summed E-state index contributed by atoms with van der Waals surface area (Å²) < 4.78 is 110. The first kappa shape index (κ1) is 18.6. The Hall–Kier alpha value is -0.410. The molecule has 0 bridgehead atoms. The molecule has 0 heterocycles. The zero-order valence-corrected chi connectivity index (χ0v) is 10.9. The van der Waals surface area contributed by atoms with Crippen LogP contribution in [0.4, 0.5) is 39.5 Å². The first-order valence-electron chi connectivity index (χ1n) is 4.42. The van der Waals surface area contributed by atoms with Crippen LogP contribution in [0.25, 0.3) is 0 Å². The van der Waals surface area contributed by atoms with Gasteiger partial charge in [0, 0.05) is 16.8 Å². The van der Waals surface area contributed by atoms with E-state index in [9.17, 15) is 39.5 Å². The maximum atomic E-state index is 13.0. The predicted molar refractivity (Wildman–Crippen MR) is 53.6 cm³/mol. The Labute approximate surface area is 114 Å². The maximum absolute atomic E-state index is 13.0. The lowest BCUT2D eigenvalue weighted by molar-refractivity contribution is -0.396. The van der Waals surface area contributed by atoms with Crippen molar-refractivity contribution >= 4 is 22.6 Å². The number of rotatable bonds is 5. The van der Waals surface area contributed by atoms with E-state index in [1.165, 1.54) is 6.07 Å². The summed E-state index contributed by atoms with van der Waals surface area (Å²) in [4.78, 5) is 0. The highest BCUT2D eigenvalue weighted by atomic mass is 127. The standard InChI is InChI=1S/C8H5F9IN/c9-5(10,3-4(18)1-2-19)6(11,12)7(13,14)8(15,16)17/h4H,1,3H2. The van der Waals surface area contributed by atoms with Gasteiger partial charge in [0.15, 0.2) is 0 Å². The molecule has 0 aromatic rings. The van der Waals surface area contributed by atoms with Crippen molar-refractivity contribution in [2.75, 3.05) is 0 Å². The summed E-state index contributed by atoms with van der Waals surface area (Å²) in [5.74, 6) is -19.1. The summed E-state index contributed by atoms with van der Waals surface area (Å²) in [6.45, 7) is 0. The topological polar surface area (TPSA) is 23.8 Å². The summed E-state index contributed by atoms with van der Waals surface area (Å²) >= 11 is 1.09. The van der Waals surface area contributed by atoms with Gasteiger partial charge in [0.05, 0.1) is 6.07 Å². The van der Waals surface area contributed by atoms with Crippen molar-refractivity contribution in [1.82, 2.24) is 0 Å². The van der Waals surface area contributed by atoms with Crippen LogP contribution in [0.15, 0.2) is 0 Å². The van der Waals surface area contributed by atoms with Gasteiger partial charge >= 0.3 is 23.9 Å². The van der Waals surface area contributed by atoms with Crippen LogP contribution in [0.2, 0.25) is 0 Å². The van der Waals surface area contributed by atoms with Crippen molar-refractivity contribution in [1.29, 1.82) is 5.26 Å². The van der Waals surface area contributed by atoms with Crippen LogP contribution in [0.1, 0.15) is 12.8 Å². The average Bonchev–Trinajstić information content (AvgIpc) is 2.14. The van der Waals surface area contributed by atoms with Crippen molar-refractivity contribution in [2.24, 2.45) is 0 Å². The first-order chi connectivity index (χ1) is 8.20. The lowest BCUT2D eigenvalue weighted by atomic mass is 9.99. The number of nitrogens with zero attached hydrogens (tertiary/aromatic N) is 1. The summed E-state index contributed by atoms with van der Waals surface area (Å²) in [6, 6.07) is 1.32. The molecule has 0 N–H and O–H groups in total. The lowest BCUT2D eigenvalue weighted by Gasteiger charge is -2.34. The molecule has 0 aliphatic carbocycles. The van der Waals surface area contributed by atoms with Crippen LogP contribution in [0.5, 0.6) is 0 Å². The maximum Gasteiger partial charge on any atom is 0.460 e. The van der Waals surface area contributed by atoms with Crippen molar-refractivity contribution < 1.29 is 39.5 Å². The van der Waals surface area contributed by atoms with Crippen molar-refractivity contribution in [3.63, 3.8) is 0 Å². The second-order valence-electron chi connectivity index (χ2n) is 3.51. The zero-order valence-electron chi connectivity index (χ0n) is 8.72. The van der Waals surface area contributed by atoms with Crippen LogP contribution in [0.3, 0.4) is 0 Å². The molecule has 0 saturated heterocycles. The van der Waals surface area contributed by atoms with Crippen LogP contribution in [-0.2, 0) is 0 Å². The van der Waals surface area contributed by atoms with Crippen LogP contribution in [0, 0.1) is 11.3 Å². The normalized spacial score (nSPS) is 16.1. The SMILES string of the molecule is N#CCC(I)CC(F)(F)C(F)(F)C(F)(F)C(F)(F)F. The van der Waals surface area contributed by atoms with Gasteiger partial charge in [0.2, 0.25) is 0 Å². The van der Waals surface area contributed by atoms with Crippen LogP contribution < -0.4 is 0 Å². The third-order valence-electron chi connectivity index (χ3n) is 2.00. The van der Waals surface area contributed by atoms with E-state index in [-0.39, 0.29) is 0 Å². The van der Waals surface area contributed by atoms with Crippen molar-refractivity contribution in [3.05, 3.63) is 0 Å². The molecule has 0 aliphatic heterocycles. The molecule has 0 saturated carbocycles. The zero-order chi connectivity index (χ0) is 15.7. The van der Waals surface area contributed by atoms with E-state index in [1.54, 1.807) is 0 Å². The largest absolute Gasteiger partial charge is 0.460 e. The summed E-state index contributed by atoms with van der Waals surface area (Å²) in [6.07, 6.45) is -9.47. The molecule has 0 aromatic heterocycles. The summed E-state index contributed by atoms with van der Waals surface area (Å²) in [5.41, 5.74) is 0. The van der Waals surface area contributed by atoms with Gasteiger partial charge in [-0.3, -0.25) is 0 Å². The Bertz CT molecular complexity index is 356. The molecule has 0 amide bonds. The molecule has 11 heteroatoms. The van der Waals surface area contributed by atoms with Crippen molar-refractivity contribution in [3.8, 4) is 6.07 Å². The van der Waals surface area contributed by atoms with E-state index in [4.69, 9.17) is 5.26 Å². The highest BCUT2D eigenvalue weighted by molar-refractivity contribution is 14.1. The van der Waals surface area contributed by atoms with E-state index in [2.05, 4.69) is 0 Å². The second-order valence-corrected chi connectivity index (χ2v) is 5.28. The molecule has 0 rings (SSSR count). The Kier molecular flexibility index (Phi) is 5.41. The van der Waals surface area contributed by atoms with Gasteiger partial charge in [-0.15, -0.1) is 0 Å². The fourth-order valence-corrected chi connectivity index (χ4v) is 1.74. The van der Waals surface area contributed by atoms with E-state index in [0.717, 1.165) is 22.6 Å². The van der Waals surface area contributed by atoms with E-state index < -0.39 is 40.7 Å². The van der Waals surface area contributed by atoms with Crippen LogP contribution in [-0.4, -0.2) is 27.9 Å². The quantitative estimate of drug-likeness (QED) is 0.369. The van der Waals surface area contributed by atoms with E-state index in [1.807, 2.05) is 0 Å². The Balaban J connectivity index is 5.34. The molecule has 19 heavy (non-hydrogen) atoms. The molecule has 0 radical (unpaired) electrons. The molecule has 1 unspecified atom stereocenters. The Morgan fingerprint density at radius 3 is 1.63 bits per heavy atom. The highest BCUT2D eigenvalue weighted by Crippen LogP contribution is 2.54. The van der Waals surface area contributed by atoms with E-state index >= 15 is 0 Å². The Morgan fingerprint density at radius 1 is 0.895 bits per heavy atom. The third-order valence-corrected chi connectivity index (χ3v) is 2.88. The molecule has 0 fully saturated rings. The highest BCUT2D eigenvalue weighted by Gasteiger charge is 2.81. The van der Waals surface area contributed by atoms with Gasteiger partial charge in [0.1, 0.15) is 0 Å².